The van der Waals surface area contributed by atoms with Crippen molar-refractivity contribution >= 4 is 30.0 Å². The van der Waals surface area contributed by atoms with E-state index in [4.69, 9.17) is 4.74 Å². The lowest BCUT2D eigenvalue weighted by atomic mass is 10.2. The fourth-order valence-electron chi connectivity index (χ4n) is 1.39. The predicted molar refractivity (Wildman–Crippen MR) is 68.3 cm³/mol. The van der Waals surface area contributed by atoms with Crippen LogP contribution in [-0.4, -0.2) is 53.0 Å². The number of alkyl carbamates (subject to hydrolysis) is 1. The number of nitrogens with zero attached hydrogens (tertiary/aromatic N) is 1. The summed E-state index contributed by atoms with van der Waals surface area (Å²) in [6.45, 7) is 5.08. The van der Waals surface area contributed by atoms with Gasteiger partial charge in [0.1, 0.15) is 18.4 Å². The third kappa shape index (κ3) is 4.56. The van der Waals surface area contributed by atoms with E-state index in [0.717, 1.165) is 6.29 Å². The molecule has 0 spiro atoms. The van der Waals surface area contributed by atoms with E-state index in [0.29, 0.717) is 11.6 Å². The molecule has 1 fully saturated rings. The molecule has 0 aromatic rings. The molecule has 0 aromatic heterocycles. The number of amides is 2. The molecule has 0 radical (unpaired) electrons. The second kappa shape index (κ2) is 6.08. The Hall–Kier alpha value is -1.24. The summed E-state index contributed by atoms with van der Waals surface area (Å²) in [4.78, 5) is 35.3. The molecule has 0 saturated carbocycles. The molecule has 1 rings (SSSR count). The Morgan fingerprint density at radius 1 is 1.50 bits per heavy atom. The van der Waals surface area contributed by atoms with Crippen LogP contribution in [0.2, 0.25) is 0 Å². The van der Waals surface area contributed by atoms with Crippen molar-refractivity contribution in [3.05, 3.63) is 0 Å². The molecular weight excluding hydrogens is 256 g/mol. The Kier molecular flexibility index (Phi) is 5.01. The highest BCUT2D eigenvalue weighted by molar-refractivity contribution is 7.99. The lowest BCUT2D eigenvalue weighted by Gasteiger charge is -2.22. The van der Waals surface area contributed by atoms with Gasteiger partial charge in [0, 0.05) is 5.75 Å². The molecule has 7 heteroatoms. The number of rotatable bonds is 3. The standard InChI is InChI=1S/C11H18N2O4S/c1-11(2,3)17-10(16)12-4-9(15)13-7-18-6-8(13)5-14/h5,8H,4,6-7H2,1-3H3,(H,12,16)/t8-/m1/s1. The van der Waals surface area contributed by atoms with Gasteiger partial charge in [-0.3, -0.25) is 4.79 Å². The normalized spacial score (nSPS) is 19.5. The van der Waals surface area contributed by atoms with Gasteiger partial charge in [0.2, 0.25) is 5.91 Å². The second-order valence-electron chi connectivity index (χ2n) is 4.92. The minimum atomic E-state index is -0.634. The Morgan fingerprint density at radius 2 is 2.17 bits per heavy atom. The molecule has 1 aliphatic heterocycles. The van der Waals surface area contributed by atoms with Crippen molar-refractivity contribution in [2.45, 2.75) is 32.4 Å². The summed E-state index contributed by atoms with van der Waals surface area (Å²) in [6.07, 6.45) is 0.121. The van der Waals surface area contributed by atoms with Gasteiger partial charge in [-0.2, -0.15) is 0 Å². The zero-order valence-corrected chi connectivity index (χ0v) is 11.6. The molecule has 102 valence electrons. The Balaban J connectivity index is 2.37. The van der Waals surface area contributed by atoms with Crippen LogP contribution in [0.3, 0.4) is 0 Å². The van der Waals surface area contributed by atoms with Crippen LogP contribution in [-0.2, 0) is 14.3 Å². The largest absolute Gasteiger partial charge is 0.444 e. The highest BCUT2D eigenvalue weighted by Gasteiger charge is 2.29. The SMILES string of the molecule is CC(C)(C)OC(=O)NCC(=O)N1CSC[C@H]1C=O. The highest BCUT2D eigenvalue weighted by atomic mass is 32.2. The first-order chi connectivity index (χ1) is 8.33. The van der Waals surface area contributed by atoms with Gasteiger partial charge < -0.3 is 19.7 Å². The fourth-order valence-corrected chi connectivity index (χ4v) is 2.53. The van der Waals surface area contributed by atoms with E-state index in [9.17, 15) is 14.4 Å². The summed E-state index contributed by atoms with van der Waals surface area (Å²) in [5, 5.41) is 2.38. The quantitative estimate of drug-likeness (QED) is 0.763. The lowest BCUT2D eigenvalue weighted by Crippen LogP contribution is -2.44. The summed E-state index contributed by atoms with van der Waals surface area (Å²) >= 11 is 1.52. The van der Waals surface area contributed by atoms with Crippen LogP contribution in [0.1, 0.15) is 20.8 Å². The zero-order chi connectivity index (χ0) is 13.8. The van der Waals surface area contributed by atoms with E-state index in [1.165, 1.54) is 16.7 Å². The molecule has 1 saturated heterocycles. The number of hydrogen-bond acceptors (Lipinski definition) is 5. The Bertz CT molecular complexity index is 340. The molecule has 0 aromatic carbocycles. The average Bonchev–Trinajstić information content (AvgIpc) is 2.71. The van der Waals surface area contributed by atoms with Crippen LogP contribution in [0.5, 0.6) is 0 Å². The van der Waals surface area contributed by atoms with Crippen LogP contribution in [0.25, 0.3) is 0 Å². The second-order valence-corrected chi connectivity index (χ2v) is 5.92. The van der Waals surface area contributed by atoms with Crippen molar-refractivity contribution < 1.29 is 19.1 Å². The van der Waals surface area contributed by atoms with Gasteiger partial charge in [-0.1, -0.05) is 0 Å². The number of carbonyl (C=O) groups excluding carboxylic acids is 3. The van der Waals surface area contributed by atoms with Crippen LogP contribution in [0.4, 0.5) is 4.79 Å². The monoisotopic (exact) mass is 274 g/mol. The molecule has 6 nitrogen and oxygen atoms in total. The van der Waals surface area contributed by atoms with Crippen LogP contribution >= 0.6 is 11.8 Å². The number of carbonyl (C=O) groups is 3. The van der Waals surface area contributed by atoms with Gasteiger partial charge >= 0.3 is 6.09 Å². The van der Waals surface area contributed by atoms with Crippen LogP contribution in [0, 0.1) is 0 Å². The minimum absolute atomic E-state index is 0.153. The Morgan fingerprint density at radius 3 is 2.72 bits per heavy atom. The van der Waals surface area contributed by atoms with Gasteiger partial charge in [0.25, 0.3) is 0 Å². The van der Waals surface area contributed by atoms with Gasteiger partial charge in [0.15, 0.2) is 0 Å². The van der Waals surface area contributed by atoms with E-state index in [1.807, 2.05) is 0 Å². The molecule has 0 bridgehead atoms. The third-order valence-corrected chi connectivity index (χ3v) is 3.22. The summed E-state index contributed by atoms with van der Waals surface area (Å²) in [5.41, 5.74) is -0.595. The topological polar surface area (TPSA) is 75.7 Å². The minimum Gasteiger partial charge on any atom is -0.444 e. The molecule has 1 atom stereocenters. The van der Waals surface area contributed by atoms with Crippen molar-refractivity contribution in [3.8, 4) is 0 Å². The van der Waals surface area contributed by atoms with Crippen molar-refractivity contribution in [2.24, 2.45) is 0 Å². The van der Waals surface area contributed by atoms with Gasteiger partial charge in [-0.15, -0.1) is 11.8 Å². The maximum atomic E-state index is 11.8. The molecule has 1 aliphatic rings. The number of nitrogens with one attached hydrogen (secondary N) is 1. The summed E-state index contributed by atoms with van der Waals surface area (Å²) in [6, 6.07) is -0.386. The number of ether oxygens (including phenoxy) is 1. The molecule has 18 heavy (non-hydrogen) atoms. The van der Waals surface area contributed by atoms with Gasteiger partial charge in [-0.25, -0.2) is 4.79 Å². The van der Waals surface area contributed by atoms with E-state index >= 15 is 0 Å². The van der Waals surface area contributed by atoms with Crippen molar-refractivity contribution in [3.63, 3.8) is 0 Å². The first kappa shape index (κ1) is 14.8. The molecule has 0 unspecified atom stereocenters. The first-order valence-corrected chi connectivity index (χ1v) is 6.78. The fraction of sp³-hybridized carbons (Fsp3) is 0.727. The van der Waals surface area contributed by atoms with E-state index in [2.05, 4.69) is 5.32 Å². The molecule has 1 N–H and O–H groups in total. The van der Waals surface area contributed by atoms with Gasteiger partial charge in [0.05, 0.1) is 11.9 Å². The maximum absolute atomic E-state index is 11.8. The lowest BCUT2D eigenvalue weighted by molar-refractivity contribution is -0.133. The number of thioether (sulfide) groups is 1. The summed E-state index contributed by atoms with van der Waals surface area (Å²) in [5.74, 6) is 0.822. The van der Waals surface area contributed by atoms with E-state index in [1.54, 1.807) is 20.8 Å². The Labute approximate surface area is 110 Å². The molecular formula is C11H18N2O4S. The highest BCUT2D eigenvalue weighted by Crippen LogP contribution is 2.19. The molecule has 2 amide bonds. The van der Waals surface area contributed by atoms with Crippen molar-refractivity contribution in [1.82, 2.24) is 10.2 Å². The van der Waals surface area contributed by atoms with E-state index < -0.39 is 11.7 Å². The average molecular weight is 274 g/mol. The number of hydrogen-bond donors (Lipinski definition) is 1. The van der Waals surface area contributed by atoms with E-state index in [-0.39, 0.29) is 18.5 Å². The summed E-state index contributed by atoms with van der Waals surface area (Å²) < 4.78 is 5.01. The third-order valence-electron chi connectivity index (χ3n) is 2.18. The maximum Gasteiger partial charge on any atom is 0.408 e. The van der Waals surface area contributed by atoms with Crippen molar-refractivity contribution in [1.29, 1.82) is 0 Å². The predicted octanol–water partition coefficient (Wildman–Crippen LogP) is 0.611. The summed E-state index contributed by atoms with van der Waals surface area (Å²) in [7, 11) is 0. The van der Waals surface area contributed by atoms with Crippen LogP contribution < -0.4 is 5.32 Å². The zero-order valence-electron chi connectivity index (χ0n) is 10.8. The molecule has 0 aliphatic carbocycles. The van der Waals surface area contributed by atoms with Crippen LogP contribution in [0.15, 0.2) is 0 Å². The van der Waals surface area contributed by atoms with Crippen molar-refractivity contribution in [2.75, 3.05) is 18.2 Å². The first-order valence-electron chi connectivity index (χ1n) is 5.63. The molecule has 1 heterocycles. The smallest absolute Gasteiger partial charge is 0.408 e. The number of aldehydes is 1. The van der Waals surface area contributed by atoms with Gasteiger partial charge in [-0.05, 0) is 20.8 Å².